The van der Waals surface area contributed by atoms with E-state index in [2.05, 4.69) is 5.32 Å². The van der Waals surface area contributed by atoms with Crippen LogP contribution in [0, 0.1) is 0 Å². The number of rotatable bonds is 7. The lowest BCUT2D eigenvalue weighted by atomic mass is 10.0. The highest BCUT2D eigenvalue weighted by atomic mass is 32.2. The van der Waals surface area contributed by atoms with Crippen molar-refractivity contribution >= 4 is 61.5 Å². The van der Waals surface area contributed by atoms with Gasteiger partial charge in [-0.1, -0.05) is 54.6 Å². The van der Waals surface area contributed by atoms with E-state index in [0.717, 1.165) is 28.1 Å². The van der Waals surface area contributed by atoms with Crippen molar-refractivity contribution in [3.8, 4) is 5.75 Å². The van der Waals surface area contributed by atoms with Gasteiger partial charge in [0.15, 0.2) is 0 Å². The summed E-state index contributed by atoms with van der Waals surface area (Å²) in [5.41, 5.74) is 1.82. The maximum Gasteiger partial charge on any atom is 0.339 e. The van der Waals surface area contributed by atoms with Crippen molar-refractivity contribution in [2.45, 2.75) is 18.4 Å². The zero-order valence-corrected chi connectivity index (χ0v) is 22.3. The van der Waals surface area contributed by atoms with Gasteiger partial charge in [0.05, 0.1) is 11.4 Å². The Hall–Kier alpha value is -4.41. The molecule has 1 aliphatic heterocycles. The molecule has 0 aromatic heterocycles. The van der Waals surface area contributed by atoms with Gasteiger partial charge >= 0.3 is 10.1 Å². The first-order chi connectivity index (χ1) is 18.7. The van der Waals surface area contributed by atoms with Crippen LogP contribution in [0.3, 0.4) is 0 Å². The summed E-state index contributed by atoms with van der Waals surface area (Å²) in [5.74, 6) is -0.647. The molecule has 10 heteroatoms. The monoisotopic (exact) mass is 558 g/mol. The summed E-state index contributed by atoms with van der Waals surface area (Å²) in [6.45, 7) is 1.50. The topological polar surface area (TPSA) is 110 Å². The molecule has 0 atom stereocenters. The molecular formula is C29H22N2O6S2. The fourth-order valence-corrected chi connectivity index (χ4v) is 5.89. The molecule has 0 bridgehead atoms. The average molecular weight is 559 g/mol. The zero-order chi connectivity index (χ0) is 27.6. The van der Waals surface area contributed by atoms with Crippen LogP contribution in [0.2, 0.25) is 0 Å². The second-order valence-corrected chi connectivity index (χ2v) is 11.3. The molecule has 0 radical (unpaired) electrons. The number of nitrogens with zero attached hydrogens (tertiary/aromatic N) is 1. The first kappa shape index (κ1) is 26.2. The number of hydrogen-bond acceptors (Lipinski definition) is 7. The summed E-state index contributed by atoms with van der Waals surface area (Å²) in [4.78, 5) is 38.4. The lowest BCUT2D eigenvalue weighted by Gasteiger charge is -2.14. The van der Waals surface area contributed by atoms with Gasteiger partial charge in [-0.3, -0.25) is 19.3 Å². The molecule has 4 aromatic rings. The van der Waals surface area contributed by atoms with Crippen LogP contribution in [0.1, 0.15) is 18.1 Å². The van der Waals surface area contributed by atoms with Gasteiger partial charge in [-0.05, 0) is 76.1 Å². The minimum Gasteiger partial charge on any atom is -0.379 e. The minimum absolute atomic E-state index is 0.0460. The van der Waals surface area contributed by atoms with E-state index >= 15 is 0 Å². The van der Waals surface area contributed by atoms with Gasteiger partial charge < -0.3 is 9.50 Å². The summed E-state index contributed by atoms with van der Waals surface area (Å²) in [6.07, 6.45) is 1.54. The van der Waals surface area contributed by atoms with Gasteiger partial charge in [-0.2, -0.15) is 8.42 Å². The van der Waals surface area contributed by atoms with Gasteiger partial charge in [0, 0.05) is 12.6 Å². The highest BCUT2D eigenvalue weighted by Gasteiger charge is 2.35. The number of amides is 3. The van der Waals surface area contributed by atoms with Gasteiger partial charge in [0.2, 0.25) is 5.91 Å². The predicted octanol–water partition coefficient (Wildman–Crippen LogP) is 5.80. The van der Waals surface area contributed by atoms with E-state index in [1.807, 2.05) is 42.5 Å². The van der Waals surface area contributed by atoms with E-state index in [9.17, 15) is 22.8 Å². The van der Waals surface area contributed by atoms with E-state index < -0.39 is 16.0 Å². The molecule has 0 aliphatic carbocycles. The number of hydrogen-bond donors (Lipinski definition) is 1. The third-order valence-corrected chi connectivity index (χ3v) is 8.08. The van der Waals surface area contributed by atoms with Gasteiger partial charge in [-0.15, -0.1) is 0 Å². The van der Waals surface area contributed by atoms with Crippen molar-refractivity contribution < 1.29 is 27.0 Å². The van der Waals surface area contributed by atoms with Crippen LogP contribution in [0.15, 0.2) is 101 Å². The standard InChI is InChI=1S/C29H22N2O6S2/c1-19(32)30-23-12-14-25(15-13-23)39(35,36)37-24-10-4-6-20(16-24)17-27-28(33)31(29(34)38-27)18-22-9-5-8-21-7-2-3-11-26(21)22/h2-17H,18H2,1H3,(H,30,32)/b27-17-. The summed E-state index contributed by atoms with van der Waals surface area (Å²) in [7, 11) is -4.15. The third kappa shape index (κ3) is 5.87. The molecule has 4 aromatic carbocycles. The Kier molecular flexibility index (Phi) is 7.23. The Labute approximate surface area is 229 Å². The molecule has 1 saturated heterocycles. The molecule has 1 N–H and O–H groups in total. The fraction of sp³-hybridized carbons (Fsp3) is 0.0690. The average Bonchev–Trinajstić information content (AvgIpc) is 3.16. The normalized spacial score (nSPS) is 14.7. The Morgan fingerprint density at radius 1 is 0.949 bits per heavy atom. The van der Waals surface area contributed by atoms with Crippen LogP contribution in [-0.2, 0) is 26.3 Å². The third-order valence-electron chi connectivity index (χ3n) is 5.91. The van der Waals surface area contributed by atoms with E-state index in [1.165, 1.54) is 54.3 Å². The molecule has 3 amide bonds. The number of nitrogens with one attached hydrogen (secondary N) is 1. The number of carbonyl (C=O) groups is 3. The first-order valence-electron chi connectivity index (χ1n) is 11.8. The Balaban J connectivity index is 1.33. The van der Waals surface area contributed by atoms with E-state index in [-0.39, 0.29) is 33.2 Å². The van der Waals surface area contributed by atoms with Crippen LogP contribution < -0.4 is 9.50 Å². The van der Waals surface area contributed by atoms with Gasteiger partial charge in [-0.25, -0.2) is 0 Å². The minimum atomic E-state index is -4.15. The number of thioether (sulfide) groups is 1. The number of anilines is 1. The summed E-state index contributed by atoms with van der Waals surface area (Å²) < 4.78 is 30.8. The second kappa shape index (κ2) is 10.8. The Morgan fingerprint density at radius 2 is 1.67 bits per heavy atom. The van der Waals surface area contributed by atoms with Crippen LogP contribution in [-0.4, -0.2) is 30.4 Å². The molecule has 39 heavy (non-hydrogen) atoms. The summed E-state index contributed by atoms with van der Waals surface area (Å²) in [5, 5.41) is 4.18. The first-order valence-corrected chi connectivity index (χ1v) is 14.1. The van der Waals surface area contributed by atoms with Crippen molar-refractivity contribution in [3.05, 3.63) is 107 Å². The van der Waals surface area contributed by atoms with E-state index in [1.54, 1.807) is 12.1 Å². The smallest absolute Gasteiger partial charge is 0.339 e. The molecule has 1 heterocycles. The molecule has 196 valence electrons. The van der Waals surface area contributed by atoms with Crippen LogP contribution in [0.5, 0.6) is 5.75 Å². The summed E-state index contributed by atoms with van der Waals surface area (Å²) in [6, 6.07) is 25.3. The van der Waals surface area contributed by atoms with E-state index in [0.29, 0.717) is 11.3 Å². The van der Waals surface area contributed by atoms with Crippen molar-refractivity contribution in [3.63, 3.8) is 0 Å². The predicted molar refractivity (Wildman–Crippen MR) is 150 cm³/mol. The molecule has 1 aliphatic rings. The van der Waals surface area contributed by atoms with Crippen molar-refractivity contribution in [1.29, 1.82) is 0 Å². The van der Waals surface area contributed by atoms with Crippen LogP contribution in [0.4, 0.5) is 10.5 Å². The molecule has 0 unspecified atom stereocenters. The van der Waals surface area contributed by atoms with Crippen molar-refractivity contribution in [2.75, 3.05) is 5.32 Å². The maximum absolute atomic E-state index is 13.1. The molecule has 0 saturated carbocycles. The van der Waals surface area contributed by atoms with Crippen molar-refractivity contribution in [2.24, 2.45) is 0 Å². The SMILES string of the molecule is CC(=O)Nc1ccc(S(=O)(=O)Oc2cccc(/C=C3\SC(=O)N(Cc4cccc5ccccc45)C3=O)c2)cc1. The van der Waals surface area contributed by atoms with E-state index in [4.69, 9.17) is 4.18 Å². The maximum atomic E-state index is 13.1. The fourth-order valence-electron chi connectivity index (χ4n) is 4.13. The lowest BCUT2D eigenvalue weighted by molar-refractivity contribution is -0.123. The Bertz CT molecular complexity index is 1740. The molecule has 0 spiro atoms. The molecule has 5 rings (SSSR count). The number of carbonyl (C=O) groups excluding carboxylic acids is 3. The lowest BCUT2D eigenvalue weighted by Crippen LogP contribution is -2.27. The van der Waals surface area contributed by atoms with Crippen molar-refractivity contribution in [1.82, 2.24) is 4.90 Å². The number of benzene rings is 4. The van der Waals surface area contributed by atoms with Gasteiger partial charge in [0.25, 0.3) is 11.1 Å². The molecule has 8 nitrogen and oxygen atoms in total. The summed E-state index contributed by atoms with van der Waals surface area (Å²) >= 11 is 0.832. The molecular weight excluding hydrogens is 536 g/mol. The zero-order valence-electron chi connectivity index (χ0n) is 20.7. The number of imide groups is 1. The molecule has 1 fully saturated rings. The highest BCUT2D eigenvalue weighted by Crippen LogP contribution is 2.35. The second-order valence-electron chi connectivity index (χ2n) is 8.72. The highest BCUT2D eigenvalue weighted by molar-refractivity contribution is 8.18. The van der Waals surface area contributed by atoms with Gasteiger partial charge in [0.1, 0.15) is 10.6 Å². The Morgan fingerprint density at radius 3 is 2.44 bits per heavy atom. The number of fused-ring (bicyclic) bond motifs is 1. The van der Waals surface area contributed by atoms with Crippen LogP contribution >= 0.6 is 11.8 Å². The largest absolute Gasteiger partial charge is 0.379 e. The quantitative estimate of drug-likeness (QED) is 0.225. The van der Waals surface area contributed by atoms with Crippen LogP contribution in [0.25, 0.3) is 16.8 Å².